The van der Waals surface area contributed by atoms with E-state index in [0.29, 0.717) is 28.7 Å². The van der Waals surface area contributed by atoms with Crippen molar-refractivity contribution in [2.24, 2.45) is 5.92 Å². The third kappa shape index (κ3) is 7.05. The smallest absolute Gasteiger partial charge is 0.171 e. The molecule has 1 aliphatic rings. The molecule has 142 valence electrons. The number of hydrogen-bond acceptors (Lipinski definition) is 6. The van der Waals surface area contributed by atoms with Crippen molar-refractivity contribution in [2.45, 2.75) is 19.6 Å². The predicted molar refractivity (Wildman–Crippen MR) is 99.7 cm³/mol. The molecule has 1 aromatic carbocycles. The Kier molecular flexibility index (Phi) is 9.08. The molecular formula is C18H22Cl2N2O4. The topological polar surface area (TPSA) is 73.6 Å². The van der Waals surface area contributed by atoms with Gasteiger partial charge in [-0.25, -0.2) is 0 Å². The van der Waals surface area contributed by atoms with Gasteiger partial charge in [-0.1, -0.05) is 34.4 Å². The van der Waals surface area contributed by atoms with Crippen LogP contribution in [-0.4, -0.2) is 38.2 Å². The van der Waals surface area contributed by atoms with Crippen LogP contribution in [-0.2, 0) is 22.7 Å². The van der Waals surface area contributed by atoms with E-state index in [9.17, 15) is 4.79 Å². The number of aromatic nitrogens is 1. The Labute approximate surface area is 162 Å². The fourth-order valence-electron chi connectivity index (χ4n) is 2.38. The zero-order chi connectivity index (χ0) is 18.8. The lowest BCUT2D eigenvalue weighted by atomic mass is 10.1. The van der Waals surface area contributed by atoms with Crippen LogP contribution in [0.15, 0.2) is 28.8 Å². The maximum Gasteiger partial charge on any atom is 0.171 e. The fraction of sp³-hybridized carbons (Fsp3) is 0.444. The zero-order valence-electron chi connectivity index (χ0n) is 14.5. The van der Waals surface area contributed by atoms with Gasteiger partial charge in [0.2, 0.25) is 0 Å². The van der Waals surface area contributed by atoms with Crippen molar-refractivity contribution < 1.29 is 18.8 Å². The lowest BCUT2D eigenvalue weighted by Gasteiger charge is -2.03. The van der Waals surface area contributed by atoms with Crippen LogP contribution in [0.4, 0.5) is 0 Å². The normalized spacial score (nSPS) is 16.2. The number of carbonyl (C=O) groups is 1. The van der Waals surface area contributed by atoms with Crippen LogP contribution >= 0.6 is 23.2 Å². The average molecular weight is 401 g/mol. The molecule has 1 aliphatic heterocycles. The summed E-state index contributed by atoms with van der Waals surface area (Å²) < 4.78 is 15.5. The molecule has 0 spiro atoms. The van der Waals surface area contributed by atoms with E-state index in [1.807, 2.05) is 13.1 Å². The summed E-state index contributed by atoms with van der Waals surface area (Å²) >= 11 is 11.7. The van der Waals surface area contributed by atoms with Gasteiger partial charge in [-0.15, -0.1) is 0 Å². The third-order valence-electron chi connectivity index (χ3n) is 3.71. The summed E-state index contributed by atoms with van der Waals surface area (Å²) in [6.45, 7) is 3.64. The summed E-state index contributed by atoms with van der Waals surface area (Å²) in [5.41, 5.74) is 1.16. The largest absolute Gasteiger partial charge is 0.381 e. The third-order valence-corrected chi connectivity index (χ3v) is 4.45. The van der Waals surface area contributed by atoms with Crippen LogP contribution < -0.4 is 5.32 Å². The second-order valence-electron chi connectivity index (χ2n) is 5.86. The maximum atomic E-state index is 10.4. The van der Waals surface area contributed by atoms with Gasteiger partial charge in [0.1, 0.15) is 12.3 Å². The van der Waals surface area contributed by atoms with Crippen molar-refractivity contribution in [3.05, 3.63) is 51.3 Å². The van der Waals surface area contributed by atoms with E-state index in [1.54, 1.807) is 12.1 Å². The van der Waals surface area contributed by atoms with E-state index >= 15 is 0 Å². The molecule has 1 atom stereocenters. The molecule has 1 aromatic heterocycles. The number of aldehydes is 1. The van der Waals surface area contributed by atoms with E-state index in [-0.39, 0.29) is 12.3 Å². The quantitative estimate of drug-likeness (QED) is 0.713. The monoisotopic (exact) mass is 400 g/mol. The Balaban J connectivity index is 0.000000254. The first-order valence-corrected chi connectivity index (χ1v) is 9.02. The highest BCUT2D eigenvalue weighted by atomic mass is 35.5. The predicted octanol–water partition coefficient (Wildman–Crippen LogP) is 3.75. The zero-order valence-corrected chi connectivity index (χ0v) is 16.1. The highest BCUT2D eigenvalue weighted by Crippen LogP contribution is 2.23. The molecule has 6 nitrogen and oxygen atoms in total. The molecule has 3 rings (SSSR count). The van der Waals surface area contributed by atoms with E-state index in [4.69, 9.17) is 37.2 Å². The lowest BCUT2D eigenvalue weighted by Crippen LogP contribution is -2.18. The molecule has 1 saturated heterocycles. The highest BCUT2D eigenvalue weighted by Gasteiger charge is 2.13. The Morgan fingerprint density at radius 3 is 2.77 bits per heavy atom. The SMILES string of the molecule is CNCC1CCOC1.O=Cc1cc(COCc2ccc(Cl)c(Cl)c2)on1. The van der Waals surface area contributed by atoms with Crippen molar-refractivity contribution in [3.8, 4) is 0 Å². The van der Waals surface area contributed by atoms with E-state index < -0.39 is 0 Å². The van der Waals surface area contributed by atoms with Gasteiger partial charge in [0.05, 0.1) is 23.3 Å². The number of nitrogens with one attached hydrogen (secondary N) is 1. The van der Waals surface area contributed by atoms with Crippen LogP contribution in [0.3, 0.4) is 0 Å². The average Bonchev–Trinajstić information content (AvgIpc) is 3.31. The van der Waals surface area contributed by atoms with E-state index in [0.717, 1.165) is 31.2 Å². The molecule has 0 radical (unpaired) electrons. The summed E-state index contributed by atoms with van der Waals surface area (Å²) in [6, 6.07) is 6.80. The van der Waals surface area contributed by atoms with Crippen LogP contribution in [0.2, 0.25) is 10.0 Å². The second-order valence-corrected chi connectivity index (χ2v) is 6.68. The number of benzene rings is 1. The van der Waals surface area contributed by atoms with E-state index in [2.05, 4.69) is 10.5 Å². The van der Waals surface area contributed by atoms with Gasteiger partial charge in [-0.05, 0) is 43.6 Å². The van der Waals surface area contributed by atoms with Crippen LogP contribution in [0.5, 0.6) is 0 Å². The highest BCUT2D eigenvalue weighted by molar-refractivity contribution is 6.42. The summed E-state index contributed by atoms with van der Waals surface area (Å²) in [4.78, 5) is 10.4. The number of nitrogens with zero attached hydrogens (tertiary/aromatic N) is 1. The molecule has 1 N–H and O–H groups in total. The van der Waals surface area contributed by atoms with Gasteiger partial charge in [0, 0.05) is 12.7 Å². The van der Waals surface area contributed by atoms with Crippen LogP contribution in [0, 0.1) is 5.92 Å². The molecule has 2 aromatic rings. The van der Waals surface area contributed by atoms with E-state index in [1.165, 1.54) is 12.5 Å². The summed E-state index contributed by atoms with van der Waals surface area (Å²) in [7, 11) is 1.98. The molecule has 1 fully saturated rings. The number of hydrogen-bond donors (Lipinski definition) is 1. The summed E-state index contributed by atoms with van der Waals surface area (Å²) in [5, 5.41) is 7.65. The first kappa shape index (κ1) is 20.9. The minimum atomic E-state index is 0.237. The number of halogens is 2. The van der Waals surface area contributed by atoms with Crippen molar-refractivity contribution in [2.75, 3.05) is 26.8 Å². The Morgan fingerprint density at radius 1 is 1.31 bits per heavy atom. The fourth-order valence-corrected chi connectivity index (χ4v) is 2.71. The lowest BCUT2D eigenvalue weighted by molar-refractivity contribution is 0.0882. The minimum Gasteiger partial charge on any atom is -0.381 e. The van der Waals surface area contributed by atoms with Crippen molar-refractivity contribution in [1.82, 2.24) is 10.5 Å². The Bertz CT molecular complexity index is 688. The van der Waals surface area contributed by atoms with Crippen molar-refractivity contribution in [1.29, 1.82) is 0 Å². The second kappa shape index (κ2) is 11.3. The van der Waals surface area contributed by atoms with Gasteiger partial charge in [0.25, 0.3) is 0 Å². The van der Waals surface area contributed by atoms with Crippen molar-refractivity contribution >= 4 is 29.5 Å². The number of ether oxygens (including phenoxy) is 2. The maximum absolute atomic E-state index is 10.4. The molecule has 8 heteroatoms. The first-order valence-electron chi connectivity index (χ1n) is 8.27. The molecule has 2 heterocycles. The van der Waals surface area contributed by atoms with Gasteiger partial charge < -0.3 is 19.3 Å². The Morgan fingerprint density at radius 2 is 2.15 bits per heavy atom. The number of carbonyl (C=O) groups excluding carboxylic acids is 1. The summed E-state index contributed by atoms with van der Waals surface area (Å²) in [5.74, 6) is 1.28. The van der Waals surface area contributed by atoms with Gasteiger partial charge in [0.15, 0.2) is 12.0 Å². The number of rotatable bonds is 7. The minimum absolute atomic E-state index is 0.237. The molecular weight excluding hydrogens is 379 g/mol. The molecule has 0 aliphatic carbocycles. The first-order chi connectivity index (χ1) is 12.6. The summed E-state index contributed by atoms with van der Waals surface area (Å²) in [6.07, 6.45) is 1.85. The van der Waals surface area contributed by atoms with Gasteiger partial charge in [-0.2, -0.15) is 0 Å². The van der Waals surface area contributed by atoms with Gasteiger partial charge >= 0.3 is 0 Å². The molecule has 0 amide bonds. The van der Waals surface area contributed by atoms with Gasteiger partial charge in [-0.3, -0.25) is 4.79 Å². The van der Waals surface area contributed by atoms with Crippen LogP contribution in [0.1, 0.15) is 28.2 Å². The van der Waals surface area contributed by atoms with Crippen molar-refractivity contribution in [3.63, 3.8) is 0 Å². The standard InChI is InChI=1S/C12H9Cl2NO3.C6H13NO/c13-11-2-1-8(3-12(11)14)6-17-7-10-4-9(5-16)15-18-10;1-7-4-6-2-3-8-5-6/h1-5H,6-7H2;6-7H,2-5H2,1H3. The molecule has 0 saturated carbocycles. The molecule has 1 unspecified atom stereocenters. The molecule has 26 heavy (non-hydrogen) atoms. The molecule has 0 bridgehead atoms. The Hall–Kier alpha value is -1.44. The van der Waals surface area contributed by atoms with Crippen LogP contribution in [0.25, 0.3) is 0 Å².